The zero-order chi connectivity index (χ0) is 15.7. The molecule has 2 aliphatic heterocycles. The van der Waals surface area contributed by atoms with Gasteiger partial charge in [-0.3, -0.25) is 14.9 Å². The molecule has 0 aromatic heterocycles. The molecule has 112 valence electrons. The lowest BCUT2D eigenvalue weighted by Crippen LogP contribution is -2.55. The van der Waals surface area contributed by atoms with Crippen LogP contribution in [0.3, 0.4) is 0 Å². The van der Waals surface area contributed by atoms with Gasteiger partial charge in [-0.2, -0.15) is 0 Å². The highest BCUT2D eigenvalue weighted by Gasteiger charge is 2.48. The number of imide groups is 1. The van der Waals surface area contributed by atoms with Crippen molar-refractivity contribution >= 4 is 23.5 Å². The SMILES string of the molecule is [C-]#[N+]c1ccc(C(=O)N2CCC3(CC2)NC(=O)NC3=O)cc1. The van der Waals surface area contributed by atoms with Gasteiger partial charge in [-0.1, -0.05) is 24.3 Å². The Morgan fingerprint density at radius 3 is 2.32 bits per heavy atom. The molecule has 0 radical (unpaired) electrons. The second-order valence-corrected chi connectivity index (χ2v) is 5.44. The Labute approximate surface area is 127 Å². The first-order chi connectivity index (χ1) is 10.5. The Bertz CT molecular complexity index is 682. The van der Waals surface area contributed by atoms with Crippen LogP contribution in [0.4, 0.5) is 10.5 Å². The summed E-state index contributed by atoms with van der Waals surface area (Å²) in [6.45, 7) is 7.70. The number of amides is 4. The first-order valence-corrected chi connectivity index (χ1v) is 6.94. The van der Waals surface area contributed by atoms with E-state index in [-0.39, 0.29) is 11.8 Å². The lowest BCUT2D eigenvalue weighted by Gasteiger charge is -2.37. The van der Waals surface area contributed by atoms with Crippen LogP contribution in [0.5, 0.6) is 0 Å². The van der Waals surface area contributed by atoms with E-state index in [1.165, 1.54) is 0 Å². The summed E-state index contributed by atoms with van der Waals surface area (Å²) in [6.07, 6.45) is 0.799. The molecule has 0 saturated carbocycles. The highest BCUT2D eigenvalue weighted by molar-refractivity contribution is 6.07. The highest BCUT2D eigenvalue weighted by Crippen LogP contribution is 2.26. The third-order valence-electron chi connectivity index (χ3n) is 4.16. The second-order valence-electron chi connectivity index (χ2n) is 5.44. The van der Waals surface area contributed by atoms with Gasteiger partial charge in [0.15, 0.2) is 5.69 Å². The molecule has 1 aromatic carbocycles. The van der Waals surface area contributed by atoms with Gasteiger partial charge in [0.1, 0.15) is 5.54 Å². The van der Waals surface area contributed by atoms with Crippen molar-refractivity contribution in [3.8, 4) is 0 Å². The number of piperidine rings is 1. The number of likely N-dealkylation sites (tertiary alicyclic amines) is 1. The normalized spacial score (nSPS) is 19.5. The summed E-state index contributed by atoms with van der Waals surface area (Å²) in [5.41, 5.74) is 0.129. The number of benzene rings is 1. The van der Waals surface area contributed by atoms with Crippen LogP contribution in [-0.2, 0) is 4.79 Å². The van der Waals surface area contributed by atoms with Crippen molar-refractivity contribution in [3.63, 3.8) is 0 Å². The largest absolute Gasteiger partial charge is 0.338 e. The van der Waals surface area contributed by atoms with Crippen LogP contribution in [0.2, 0.25) is 0 Å². The Morgan fingerprint density at radius 2 is 1.82 bits per heavy atom. The molecule has 1 spiro atoms. The zero-order valence-electron chi connectivity index (χ0n) is 11.8. The lowest BCUT2D eigenvalue weighted by atomic mass is 9.87. The molecular formula is C15H14N4O3. The van der Waals surface area contributed by atoms with Crippen LogP contribution >= 0.6 is 0 Å². The van der Waals surface area contributed by atoms with Crippen molar-refractivity contribution in [2.24, 2.45) is 0 Å². The summed E-state index contributed by atoms with van der Waals surface area (Å²) >= 11 is 0. The van der Waals surface area contributed by atoms with Crippen molar-refractivity contribution in [1.82, 2.24) is 15.5 Å². The molecule has 0 atom stereocenters. The fraction of sp³-hybridized carbons (Fsp3) is 0.333. The molecule has 2 fully saturated rings. The van der Waals surface area contributed by atoms with E-state index >= 15 is 0 Å². The summed E-state index contributed by atoms with van der Waals surface area (Å²) in [5, 5.41) is 4.91. The van der Waals surface area contributed by atoms with Crippen LogP contribution in [0, 0.1) is 6.57 Å². The van der Waals surface area contributed by atoms with E-state index in [0.717, 1.165) is 0 Å². The number of nitrogens with zero attached hydrogens (tertiary/aromatic N) is 2. The third-order valence-corrected chi connectivity index (χ3v) is 4.16. The number of carbonyl (C=O) groups excluding carboxylic acids is 3. The van der Waals surface area contributed by atoms with Crippen LogP contribution in [-0.4, -0.2) is 41.4 Å². The number of urea groups is 1. The molecular weight excluding hydrogens is 284 g/mol. The van der Waals surface area contributed by atoms with Crippen LogP contribution in [0.25, 0.3) is 4.85 Å². The van der Waals surface area contributed by atoms with E-state index in [2.05, 4.69) is 15.5 Å². The van der Waals surface area contributed by atoms with E-state index < -0.39 is 11.6 Å². The fourth-order valence-corrected chi connectivity index (χ4v) is 2.83. The van der Waals surface area contributed by atoms with E-state index in [4.69, 9.17) is 6.57 Å². The molecule has 2 heterocycles. The topological polar surface area (TPSA) is 82.9 Å². The molecule has 0 aliphatic carbocycles. The first kappa shape index (κ1) is 14.1. The summed E-state index contributed by atoms with van der Waals surface area (Å²) in [6, 6.07) is 6.00. The van der Waals surface area contributed by atoms with E-state index in [0.29, 0.717) is 37.2 Å². The minimum absolute atomic E-state index is 0.129. The Morgan fingerprint density at radius 1 is 1.18 bits per heavy atom. The van der Waals surface area contributed by atoms with Crippen LogP contribution < -0.4 is 10.6 Å². The molecule has 1 aromatic rings. The maximum Gasteiger partial charge on any atom is 0.322 e. The summed E-state index contributed by atoms with van der Waals surface area (Å²) < 4.78 is 0. The maximum absolute atomic E-state index is 12.4. The highest BCUT2D eigenvalue weighted by atomic mass is 16.2. The Hall–Kier alpha value is -2.88. The van der Waals surface area contributed by atoms with Gasteiger partial charge in [0.05, 0.1) is 6.57 Å². The summed E-state index contributed by atoms with van der Waals surface area (Å²) in [5.74, 6) is -0.442. The van der Waals surface area contributed by atoms with Crippen LogP contribution in [0.1, 0.15) is 23.2 Å². The zero-order valence-corrected chi connectivity index (χ0v) is 11.8. The minimum atomic E-state index is -0.873. The summed E-state index contributed by atoms with van der Waals surface area (Å²) in [4.78, 5) is 40.5. The fourth-order valence-electron chi connectivity index (χ4n) is 2.83. The monoisotopic (exact) mass is 298 g/mol. The molecule has 22 heavy (non-hydrogen) atoms. The van der Waals surface area contributed by atoms with Gasteiger partial charge >= 0.3 is 6.03 Å². The molecule has 3 rings (SSSR count). The molecule has 0 bridgehead atoms. The molecule has 0 unspecified atom stereocenters. The number of carbonyl (C=O) groups is 3. The van der Waals surface area contributed by atoms with E-state index in [9.17, 15) is 14.4 Å². The van der Waals surface area contributed by atoms with Gasteiger partial charge in [0, 0.05) is 18.7 Å². The second kappa shape index (κ2) is 5.15. The number of nitrogens with one attached hydrogen (secondary N) is 2. The number of hydrogen-bond donors (Lipinski definition) is 2. The Kier molecular flexibility index (Phi) is 3.29. The van der Waals surface area contributed by atoms with Crippen molar-refractivity contribution in [2.45, 2.75) is 18.4 Å². The quantitative estimate of drug-likeness (QED) is 0.600. The number of hydrogen-bond acceptors (Lipinski definition) is 3. The standard InChI is InChI=1S/C15H14N4O3/c1-16-11-4-2-10(3-5-11)12(20)19-8-6-15(7-9-19)13(21)17-14(22)18-15/h2-5H,6-9H2,(H2,17,18,21,22). The van der Waals surface area contributed by atoms with Crippen molar-refractivity contribution in [3.05, 3.63) is 41.2 Å². The van der Waals surface area contributed by atoms with Crippen molar-refractivity contribution in [2.75, 3.05) is 13.1 Å². The van der Waals surface area contributed by atoms with Crippen molar-refractivity contribution in [1.29, 1.82) is 0 Å². The van der Waals surface area contributed by atoms with E-state index in [1.54, 1.807) is 29.2 Å². The van der Waals surface area contributed by atoms with Crippen LogP contribution in [0.15, 0.2) is 24.3 Å². The summed E-state index contributed by atoms with van der Waals surface area (Å²) in [7, 11) is 0. The minimum Gasteiger partial charge on any atom is -0.338 e. The molecule has 7 heteroatoms. The number of rotatable bonds is 1. The first-order valence-electron chi connectivity index (χ1n) is 6.94. The molecule has 7 nitrogen and oxygen atoms in total. The van der Waals surface area contributed by atoms with Gasteiger partial charge in [0.2, 0.25) is 0 Å². The predicted octanol–water partition coefficient (Wildman–Crippen LogP) is 1.05. The lowest BCUT2D eigenvalue weighted by molar-refractivity contribution is -0.125. The van der Waals surface area contributed by atoms with Gasteiger partial charge in [-0.05, 0) is 12.8 Å². The third kappa shape index (κ3) is 2.29. The average molecular weight is 298 g/mol. The molecule has 2 N–H and O–H groups in total. The maximum atomic E-state index is 12.4. The molecule has 2 saturated heterocycles. The average Bonchev–Trinajstić information content (AvgIpc) is 2.81. The smallest absolute Gasteiger partial charge is 0.322 e. The van der Waals surface area contributed by atoms with Gasteiger partial charge in [-0.15, -0.1) is 0 Å². The van der Waals surface area contributed by atoms with E-state index in [1.807, 2.05) is 0 Å². The van der Waals surface area contributed by atoms with Gasteiger partial charge < -0.3 is 10.2 Å². The van der Waals surface area contributed by atoms with Crippen molar-refractivity contribution < 1.29 is 14.4 Å². The van der Waals surface area contributed by atoms with Gasteiger partial charge in [-0.25, -0.2) is 9.64 Å². The van der Waals surface area contributed by atoms with Gasteiger partial charge in [0.25, 0.3) is 11.8 Å². The molecule has 2 aliphatic rings. The predicted molar refractivity (Wildman–Crippen MR) is 77.2 cm³/mol. The molecule has 4 amide bonds. The Balaban J connectivity index is 1.68.